The lowest BCUT2D eigenvalue weighted by Crippen LogP contribution is -1.90. The van der Waals surface area contributed by atoms with Gasteiger partial charge in [0.05, 0.1) is 12.5 Å². The van der Waals surface area contributed by atoms with Crippen LogP contribution in [0.4, 0.5) is 0 Å². The van der Waals surface area contributed by atoms with Gasteiger partial charge in [-0.05, 0) is 17.7 Å². The Morgan fingerprint density at radius 3 is 2.92 bits per heavy atom. The second-order valence-corrected chi connectivity index (χ2v) is 3.21. The molecule has 0 spiro atoms. The number of benzene rings is 1. The van der Waals surface area contributed by atoms with Gasteiger partial charge in [0.25, 0.3) is 0 Å². The van der Waals surface area contributed by atoms with Gasteiger partial charge in [0.2, 0.25) is 0 Å². The van der Waals surface area contributed by atoms with Crippen LogP contribution in [0.5, 0.6) is 0 Å². The van der Waals surface area contributed by atoms with E-state index in [0.29, 0.717) is 5.56 Å². The third-order valence-corrected chi connectivity index (χ3v) is 1.99. The highest BCUT2D eigenvalue weighted by atomic mass is 79.9. The van der Waals surface area contributed by atoms with E-state index in [1.54, 1.807) is 18.2 Å². The molecule has 0 saturated carbocycles. The van der Waals surface area contributed by atoms with Crippen molar-refractivity contribution in [1.82, 2.24) is 0 Å². The molecule has 1 aromatic carbocycles. The quantitative estimate of drug-likeness (QED) is 0.723. The summed E-state index contributed by atoms with van der Waals surface area (Å²) in [5.74, 6) is 0. The Kier molecular flexibility index (Phi) is 3.01. The largest absolute Gasteiger partial charge is 0.298 e. The lowest BCUT2D eigenvalue weighted by atomic mass is 10.1. The van der Waals surface area contributed by atoms with Gasteiger partial charge in [-0.25, -0.2) is 0 Å². The highest BCUT2D eigenvalue weighted by Gasteiger charge is 2.00. The highest BCUT2D eigenvalue weighted by Crippen LogP contribution is 2.15. The van der Waals surface area contributed by atoms with Crippen LogP contribution < -0.4 is 0 Å². The van der Waals surface area contributed by atoms with Crippen molar-refractivity contribution in [1.29, 1.82) is 5.26 Å². The van der Waals surface area contributed by atoms with Gasteiger partial charge in [0.15, 0.2) is 0 Å². The lowest BCUT2D eigenvalue weighted by molar-refractivity contribution is 0.112. The normalized spacial score (nSPS) is 9.00. The molecule has 0 atom stereocenters. The number of halogens is 1. The van der Waals surface area contributed by atoms with E-state index in [1.165, 1.54) is 0 Å². The minimum absolute atomic E-state index is 0.271. The summed E-state index contributed by atoms with van der Waals surface area (Å²) in [6.07, 6.45) is 1.03. The molecule has 0 saturated heterocycles. The first-order valence-electron chi connectivity index (χ1n) is 3.38. The van der Waals surface area contributed by atoms with Gasteiger partial charge in [0, 0.05) is 10.0 Å². The molecule has 0 fully saturated rings. The molecule has 1 aromatic rings. The summed E-state index contributed by atoms with van der Waals surface area (Å²) in [6, 6.07) is 7.27. The van der Waals surface area contributed by atoms with Gasteiger partial charge in [-0.15, -0.1) is 0 Å². The standard InChI is InChI=1S/C9H6BrNO/c10-9-2-1-8(6-12)7(5-9)3-4-11/h1-2,5-6H,3H2. The third-order valence-electron chi connectivity index (χ3n) is 1.50. The zero-order chi connectivity index (χ0) is 8.97. The van der Waals surface area contributed by atoms with Crippen LogP contribution >= 0.6 is 15.9 Å². The van der Waals surface area contributed by atoms with Crippen LogP contribution in [0.1, 0.15) is 15.9 Å². The summed E-state index contributed by atoms with van der Waals surface area (Å²) in [4.78, 5) is 10.5. The second kappa shape index (κ2) is 4.03. The van der Waals surface area contributed by atoms with Crippen molar-refractivity contribution in [2.24, 2.45) is 0 Å². The molecule has 3 heteroatoms. The van der Waals surface area contributed by atoms with Crippen molar-refractivity contribution < 1.29 is 4.79 Å². The minimum Gasteiger partial charge on any atom is -0.298 e. The number of carbonyl (C=O) groups excluding carboxylic acids is 1. The average Bonchev–Trinajstić information content (AvgIpc) is 2.05. The smallest absolute Gasteiger partial charge is 0.150 e. The Hall–Kier alpha value is -1.14. The van der Waals surface area contributed by atoms with Gasteiger partial charge < -0.3 is 0 Å². The van der Waals surface area contributed by atoms with Crippen molar-refractivity contribution in [3.8, 4) is 6.07 Å². The molecule has 2 nitrogen and oxygen atoms in total. The Morgan fingerprint density at radius 2 is 2.33 bits per heavy atom. The SMILES string of the molecule is N#CCc1cc(Br)ccc1C=O. The number of nitriles is 1. The fourth-order valence-electron chi connectivity index (χ4n) is 0.928. The first-order chi connectivity index (χ1) is 5.77. The number of carbonyl (C=O) groups is 1. The summed E-state index contributed by atoms with van der Waals surface area (Å²) in [6.45, 7) is 0. The molecule has 0 aromatic heterocycles. The van der Waals surface area contributed by atoms with Gasteiger partial charge in [-0.3, -0.25) is 4.79 Å². The molecule has 12 heavy (non-hydrogen) atoms. The molecular weight excluding hydrogens is 218 g/mol. The number of hydrogen-bond donors (Lipinski definition) is 0. The number of rotatable bonds is 2. The number of nitrogens with zero attached hydrogens (tertiary/aromatic N) is 1. The van der Waals surface area contributed by atoms with Crippen LogP contribution in [0.15, 0.2) is 22.7 Å². The summed E-state index contributed by atoms with van der Waals surface area (Å²) in [5.41, 5.74) is 1.35. The van der Waals surface area contributed by atoms with Crippen molar-refractivity contribution in [2.45, 2.75) is 6.42 Å². The average molecular weight is 224 g/mol. The number of aldehydes is 1. The predicted octanol–water partition coefficient (Wildman–Crippen LogP) is 2.33. The highest BCUT2D eigenvalue weighted by molar-refractivity contribution is 9.10. The van der Waals surface area contributed by atoms with E-state index in [9.17, 15) is 4.79 Å². The molecule has 0 heterocycles. The maximum atomic E-state index is 10.5. The maximum absolute atomic E-state index is 10.5. The van der Waals surface area contributed by atoms with E-state index < -0.39 is 0 Å². The van der Waals surface area contributed by atoms with Crippen molar-refractivity contribution >= 4 is 22.2 Å². The summed E-state index contributed by atoms with van der Waals surface area (Å²) in [7, 11) is 0. The van der Waals surface area contributed by atoms with Crippen molar-refractivity contribution in [3.05, 3.63) is 33.8 Å². The first kappa shape index (κ1) is 8.95. The number of hydrogen-bond acceptors (Lipinski definition) is 2. The van der Waals surface area contributed by atoms with Crippen molar-refractivity contribution in [2.75, 3.05) is 0 Å². The zero-order valence-electron chi connectivity index (χ0n) is 6.25. The minimum atomic E-state index is 0.271. The molecule has 0 unspecified atom stereocenters. The molecule has 0 radical (unpaired) electrons. The van der Waals surface area contributed by atoms with Crippen LogP contribution in [-0.4, -0.2) is 6.29 Å². The predicted molar refractivity (Wildman–Crippen MR) is 48.8 cm³/mol. The van der Waals surface area contributed by atoms with Crippen LogP contribution in [0.3, 0.4) is 0 Å². The fourth-order valence-corrected chi connectivity index (χ4v) is 1.34. The van der Waals surface area contributed by atoms with E-state index in [0.717, 1.165) is 16.3 Å². The summed E-state index contributed by atoms with van der Waals surface area (Å²) < 4.78 is 0.887. The second-order valence-electron chi connectivity index (χ2n) is 2.30. The molecule has 1 rings (SSSR count). The van der Waals surface area contributed by atoms with Crippen LogP contribution in [0.25, 0.3) is 0 Å². The summed E-state index contributed by atoms with van der Waals surface area (Å²) >= 11 is 3.27. The Bertz CT molecular complexity index is 341. The Labute approximate surface area is 78.9 Å². The summed E-state index contributed by atoms with van der Waals surface area (Å²) in [5, 5.41) is 8.45. The molecule has 60 valence electrons. The maximum Gasteiger partial charge on any atom is 0.150 e. The van der Waals surface area contributed by atoms with E-state index in [-0.39, 0.29) is 6.42 Å². The van der Waals surface area contributed by atoms with E-state index in [4.69, 9.17) is 5.26 Å². The zero-order valence-corrected chi connectivity index (χ0v) is 7.84. The van der Waals surface area contributed by atoms with Gasteiger partial charge in [-0.2, -0.15) is 5.26 Å². The van der Waals surface area contributed by atoms with Gasteiger partial charge >= 0.3 is 0 Å². The fraction of sp³-hybridized carbons (Fsp3) is 0.111. The molecule has 0 aliphatic rings. The first-order valence-corrected chi connectivity index (χ1v) is 4.18. The van der Waals surface area contributed by atoms with E-state index in [1.807, 2.05) is 6.07 Å². The molecule has 0 aliphatic carbocycles. The third kappa shape index (κ3) is 1.93. The topological polar surface area (TPSA) is 40.9 Å². The van der Waals surface area contributed by atoms with Gasteiger partial charge in [0.1, 0.15) is 6.29 Å². The molecule has 0 amide bonds. The van der Waals surface area contributed by atoms with Crippen LogP contribution in [-0.2, 0) is 6.42 Å². The molecule has 0 N–H and O–H groups in total. The van der Waals surface area contributed by atoms with Crippen molar-refractivity contribution in [3.63, 3.8) is 0 Å². The molecule has 0 aliphatic heterocycles. The van der Waals surface area contributed by atoms with Crippen LogP contribution in [0.2, 0.25) is 0 Å². The molecular formula is C9H6BrNO. The molecule has 0 bridgehead atoms. The lowest BCUT2D eigenvalue weighted by Gasteiger charge is -1.99. The van der Waals surface area contributed by atoms with Crippen LogP contribution in [0, 0.1) is 11.3 Å². The monoisotopic (exact) mass is 223 g/mol. The Morgan fingerprint density at radius 1 is 1.58 bits per heavy atom. The van der Waals surface area contributed by atoms with E-state index in [2.05, 4.69) is 15.9 Å². The van der Waals surface area contributed by atoms with Gasteiger partial charge in [-0.1, -0.05) is 22.0 Å². The Balaban J connectivity index is 3.14. The van der Waals surface area contributed by atoms with E-state index >= 15 is 0 Å².